The van der Waals surface area contributed by atoms with Crippen molar-refractivity contribution in [2.75, 3.05) is 19.0 Å². The molecule has 1 aromatic heterocycles. The molecule has 2 unspecified atom stereocenters. The van der Waals surface area contributed by atoms with E-state index in [1.807, 2.05) is 6.92 Å². The Bertz CT molecular complexity index is 735. The average Bonchev–Trinajstić information content (AvgIpc) is 2.54. The minimum absolute atomic E-state index is 0.0232. The summed E-state index contributed by atoms with van der Waals surface area (Å²) in [5, 5.41) is 15.4. The summed E-state index contributed by atoms with van der Waals surface area (Å²) in [5.74, 6) is 0.642. The third kappa shape index (κ3) is 3.19. The third-order valence-electron chi connectivity index (χ3n) is 4.09. The minimum Gasteiger partial charge on any atom is -0.497 e. The highest BCUT2D eigenvalue weighted by atomic mass is 16.6. The summed E-state index contributed by atoms with van der Waals surface area (Å²) in [6, 6.07) is 5.51. The first-order valence-corrected chi connectivity index (χ1v) is 7.57. The van der Waals surface area contributed by atoms with Crippen LogP contribution < -0.4 is 10.1 Å². The van der Waals surface area contributed by atoms with Crippen molar-refractivity contribution in [3.63, 3.8) is 0 Å². The number of anilines is 1. The molecule has 0 spiro atoms. The summed E-state index contributed by atoms with van der Waals surface area (Å²) in [4.78, 5) is 15.2. The van der Waals surface area contributed by atoms with E-state index in [1.54, 1.807) is 25.3 Å². The zero-order valence-corrected chi connectivity index (χ0v) is 13.1. The number of nitro groups is 1. The molecular formula is C16H19N3O4. The van der Waals surface area contributed by atoms with Crippen LogP contribution in [0, 0.1) is 10.1 Å². The van der Waals surface area contributed by atoms with Gasteiger partial charge in [0.15, 0.2) is 0 Å². The molecule has 1 aliphatic rings. The van der Waals surface area contributed by atoms with Gasteiger partial charge in [0.1, 0.15) is 17.6 Å². The maximum atomic E-state index is 11.4. The fraction of sp³-hybridized carbons (Fsp3) is 0.438. The number of nitrogens with zero attached hydrogens (tertiary/aromatic N) is 2. The lowest BCUT2D eigenvalue weighted by Gasteiger charge is -2.28. The molecular weight excluding hydrogens is 298 g/mol. The van der Waals surface area contributed by atoms with Crippen LogP contribution in [0.2, 0.25) is 0 Å². The first-order valence-electron chi connectivity index (χ1n) is 7.57. The van der Waals surface area contributed by atoms with Crippen molar-refractivity contribution < 1.29 is 14.4 Å². The molecule has 0 saturated carbocycles. The van der Waals surface area contributed by atoms with Gasteiger partial charge in [-0.2, -0.15) is 0 Å². The van der Waals surface area contributed by atoms with Crippen molar-refractivity contribution in [2.45, 2.75) is 31.9 Å². The van der Waals surface area contributed by atoms with Gasteiger partial charge in [0.25, 0.3) is 0 Å². The number of rotatable bonds is 4. The molecule has 3 rings (SSSR count). The van der Waals surface area contributed by atoms with Crippen LogP contribution in [0.3, 0.4) is 0 Å². The Kier molecular flexibility index (Phi) is 4.29. The van der Waals surface area contributed by atoms with Gasteiger partial charge >= 0.3 is 5.69 Å². The summed E-state index contributed by atoms with van der Waals surface area (Å²) in [5.41, 5.74) is 1.17. The summed E-state index contributed by atoms with van der Waals surface area (Å²) in [6.07, 6.45) is 3.07. The number of ether oxygens (including phenoxy) is 2. The topological polar surface area (TPSA) is 86.5 Å². The molecule has 7 nitrogen and oxygen atoms in total. The van der Waals surface area contributed by atoms with Crippen LogP contribution in [0.25, 0.3) is 10.9 Å². The van der Waals surface area contributed by atoms with Gasteiger partial charge < -0.3 is 14.8 Å². The number of methoxy groups -OCH3 is 1. The lowest BCUT2D eigenvalue weighted by molar-refractivity contribution is -0.384. The highest BCUT2D eigenvalue weighted by Gasteiger charge is 2.24. The van der Waals surface area contributed by atoms with Crippen molar-refractivity contribution >= 4 is 22.3 Å². The molecule has 0 aliphatic carbocycles. The van der Waals surface area contributed by atoms with Crippen LogP contribution >= 0.6 is 0 Å². The van der Waals surface area contributed by atoms with Gasteiger partial charge in [-0.05, 0) is 38.0 Å². The number of benzene rings is 1. The molecule has 23 heavy (non-hydrogen) atoms. The molecule has 1 aromatic carbocycles. The fourth-order valence-corrected chi connectivity index (χ4v) is 2.91. The zero-order chi connectivity index (χ0) is 16.4. The minimum atomic E-state index is -0.406. The van der Waals surface area contributed by atoms with E-state index in [9.17, 15) is 10.1 Å². The molecule has 1 saturated heterocycles. The first kappa shape index (κ1) is 15.5. The number of nitrogens with one attached hydrogen (secondary N) is 1. The van der Waals surface area contributed by atoms with Crippen LogP contribution in [0.4, 0.5) is 11.4 Å². The predicted octanol–water partition coefficient (Wildman–Crippen LogP) is 3.13. The standard InChI is InChI=1S/C16H19N3O4/c1-10-7-11(5-6-23-10)18-16-13-8-12(22-2)3-4-14(13)17-9-15(16)19(20)21/h3-4,8-11H,5-7H2,1-2H3,(H,17,18). The van der Waals surface area contributed by atoms with Gasteiger partial charge in [0.2, 0.25) is 0 Å². The van der Waals surface area contributed by atoms with Crippen LogP contribution in [-0.2, 0) is 4.74 Å². The lowest BCUT2D eigenvalue weighted by atomic mass is 10.0. The summed E-state index contributed by atoms with van der Waals surface area (Å²) in [6.45, 7) is 2.66. The Labute approximate surface area is 133 Å². The van der Waals surface area contributed by atoms with Crippen molar-refractivity contribution in [1.29, 1.82) is 0 Å². The first-order chi connectivity index (χ1) is 11.1. The van der Waals surface area contributed by atoms with Gasteiger partial charge in [-0.1, -0.05) is 0 Å². The number of hydrogen-bond acceptors (Lipinski definition) is 6. The monoisotopic (exact) mass is 317 g/mol. The second-order valence-electron chi connectivity index (χ2n) is 5.71. The molecule has 0 radical (unpaired) electrons. The lowest BCUT2D eigenvalue weighted by Crippen LogP contribution is -2.32. The SMILES string of the molecule is COc1ccc2ncc([N+](=O)[O-])c(NC3CCOC(C)C3)c2c1. The number of pyridine rings is 1. The van der Waals surface area contributed by atoms with Gasteiger partial charge in [-0.25, -0.2) is 4.98 Å². The largest absolute Gasteiger partial charge is 0.497 e. The van der Waals surface area contributed by atoms with E-state index in [2.05, 4.69) is 10.3 Å². The van der Waals surface area contributed by atoms with E-state index in [4.69, 9.17) is 9.47 Å². The maximum absolute atomic E-state index is 11.4. The van der Waals surface area contributed by atoms with E-state index < -0.39 is 4.92 Å². The molecule has 2 aromatic rings. The molecule has 122 valence electrons. The highest BCUT2D eigenvalue weighted by Crippen LogP contribution is 2.35. The molecule has 1 fully saturated rings. The van der Waals surface area contributed by atoms with Crippen LogP contribution in [0.1, 0.15) is 19.8 Å². The molecule has 0 amide bonds. The second-order valence-corrected chi connectivity index (χ2v) is 5.71. The normalized spacial score (nSPS) is 21.1. The van der Waals surface area contributed by atoms with E-state index in [-0.39, 0.29) is 17.8 Å². The van der Waals surface area contributed by atoms with Crippen molar-refractivity contribution in [1.82, 2.24) is 4.98 Å². The van der Waals surface area contributed by atoms with Crippen LogP contribution in [0.5, 0.6) is 5.75 Å². The highest BCUT2D eigenvalue weighted by molar-refractivity contribution is 5.96. The maximum Gasteiger partial charge on any atom is 0.311 e. The number of hydrogen-bond donors (Lipinski definition) is 1. The number of fused-ring (bicyclic) bond motifs is 1. The van der Waals surface area contributed by atoms with E-state index in [1.165, 1.54) is 6.20 Å². The molecule has 7 heteroatoms. The Hall–Kier alpha value is -2.41. The molecule has 2 atom stereocenters. The quantitative estimate of drug-likeness (QED) is 0.688. The van der Waals surface area contributed by atoms with Crippen LogP contribution in [0.15, 0.2) is 24.4 Å². The number of aromatic nitrogens is 1. The van der Waals surface area contributed by atoms with E-state index in [0.717, 1.165) is 12.8 Å². The van der Waals surface area contributed by atoms with Crippen molar-refractivity contribution in [3.05, 3.63) is 34.5 Å². The molecule has 2 heterocycles. The Morgan fingerprint density at radius 1 is 1.48 bits per heavy atom. The Morgan fingerprint density at radius 3 is 3.00 bits per heavy atom. The van der Waals surface area contributed by atoms with Crippen molar-refractivity contribution in [3.8, 4) is 5.75 Å². The van der Waals surface area contributed by atoms with Crippen LogP contribution in [-0.4, -0.2) is 35.8 Å². The Morgan fingerprint density at radius 2 is 2.30 bits per heavy atom. The average molecular weight is 317 g/mol. The van der Waals surface area contributed by atoms with E-state index in [0.29, 0.717) is 28.9 Å². The van der Waals surface area contributed by atoms with Crippen molar-refractivity contribution in [2.24, 2.45) is 0 Å². The fourth-order valence-electron chi connectivity index (χ4n) is 2.91. The Balaban J connectivity index is 2.06. The molecule has 1 N–H and O–H groups in total. The zero-order valence-electron chi connectivity index (χ0n) is 13.1. The molecule has 0 bridgehead atoms. The van der Waals surface area contributed by atoms with Gasteiger partial charge in [0, 0.05) is 18.0 Å². The second kappa shape index (κ2) is 6.37. The smallest absolute Gasteiger partial charge is 0.311 e. The summed E-state index contributed by atoms with van der Waals surface area (Å²) in [7, 11) is 1.57. The summed E-state index contributed by atoms with van der Waals surface area (Å²) < 4.78 is 10.8. The van der Waals surface area contributed by atoms with Gasteiger partial charge in [-0.3, -0.25) is 10.1 Å². The summed E-state index contributed by atoms with van der Waals surface area (Å²) >= 11 is 0. The predicted molar refractivity (Wildman–Crippen MR) is 87.0 cm³/mol. The third-order valence-corrected chi connectivity index (χ3v) is 4.09. The molecule has 1 aliphatic heterocycles. The van der Waals surface area contributed by atoms with Gasteiger partial charge in [-0.15, -0.1) is 0 Å². The van der Waals surface area contributed by atoms with E-state index >= 15 is 0 Å². The van der Waals surface area contributed by atoms with Gasteiger partial charge in [0.05, 0.1) is 23.7 Å².